The van der Waals surface area contributed by atoms with Gasteiger partial charge in [0, 0.05) is 81.1 Å². The summed E-state index contributed by atoms with van der Waals surface area (Å²) in [4.78, 5) is 39.3. The van der Waals surface area contributed by atoms with Crippen LogP contribution < -0.4 is 25.6 Å². The number of anilines is 5. The third-order valence-electron chi connectivity index (χ3n) is 8.84. The number of hydrogen-bond donors (Lipinski definition) is 2. The molecule has 5 heterocycles. The molecule has 3 aliphatic rings. The first-order chi connectivity index (χ1) is 21.8. The number of aryl methyl sites for hydroxylation is 1. The highest BCUT2D eigenvalue weighted by molar-refractivity contribution is 6.19. The van der Waals surface area contributed by atoms with E-state index in [0.717, 1.165) is 37.6 Å². The molecular weight excluding hydrogens is 573 g/mol. The number of aliphatic hydroxyl groups is 1. The summed E-state index contributed by atoms with van der Waals surface area (Å²) in [5.74, 6) is -0.0730. The van der Waals surface area contributed by atoms with Crippen molar-refractivity contribution in [2.45, 2.75) is 6.61 Å². The van der Waals surface area contributed by atoms with E-state index in [4.69, 9.17) is 0 Å². The number of hydrogen-bond acceptors (Lipinski definition) is 9. The van der Waals surface area contributed by atoms with Crippen molar-refractivity contribution in [3.63, 3.8) is 0 Å². The Balaban J connectivity index is 1.20. The normalized spacial score (nSPS) is 16.5. The van der Waals surface area contributed by atoms with Crippen LogP contribution in [-0.2, 0) is 13.7 Å². The highest BCUT2D eigenvalue weighted by atomic mass is 19.1. The van der Waals surface area contributed by atoms with Gasteiger partial charge in [0.25, 0.3) is 5.56 Å². The number of ketones is 1. The Morgan fingerprint density at radius 3 is 2.47 bits per heavy atom. The second-order valence-electron chi connectivity index (χ2n) is 11.7. The van der Waals surface area contributed by atoms with E-state index in [1.165, 1.54) is 16.7 Å². The highest BCUT2D eigenvalue weighted by Gasteiger charge is 2.35. The number of piperazine rings is 1. The minimum atomic E-state index is -0.497. The molecule has 0 amide bonds. The summed E-state index contributed by atoms with van der Waals surface area (Å²) in [5.41, 5.74) is 5.00. The molecule has 0 atom stereocenters. The number of carbonyl (C=O) groups is 1. The van der Waals surface area contributed by atoms with Gasteiger partial charge in [-0.2, -0.15) is 0 Å². The average Bonchev–Trinajstić information content (AvgIpc) is 3.34. The van der Waals surface area contributed by atoms with Crippen LogP contribution in [-0.4, -0.2) is 71.7 Å². The van der Waals surface area contributed by atoms with Gasteiger partial charge < -0.3 is 34.6 Å². The van der Waals surface area contributed by atoms with Crippen LogP contribution in [0, 0.1) is 5.82 Å². The Labute approximate surface area is 260 Å². The molecule has 1 saturated heterocycles. The van der Waals surface area contributed by atoms with Crippen LogP contribution in [0.15, 0.2) is 83.7 Å². The van der Waals surface area contributed by atoms with Crippen LogP contribution in [0.5, 0.6) is 0 Å². The van der Waals surface area contributed by atoms with Gasteiger partial charge in [0.05, 0.1) is 24.2 Å². The van der Waals surface area contributed by atoms with Crippen molar-refractivity contribution in [3.05, 3.63) is 106 Å². The number of Topliss-reactive ketones (excluding diaryl/α,β-unsaturated/α-hetero) is 1. The lowest BCUT2D eigenvalue weighted by atomic mass is 9.98. The van der Waals surface area contributed by atoms with E-state index in [1.54, 1.807) is 31.7 Å². The van der Waals surface area contributed by atoms with Gasteiger partial charge in [-0.25, -0.2) is 9.37 Å². The molecule has 230 valence electrons. The van der Waals surface area contributed by atoms with Crippen molar-refractivity contribution in [2.75, 3.05) is 66.3 Å². The van der Waals surface area contributed by atoms with Crippen LogP contribution in [0.3, 0.4) is 0 Å². The number of allylic oxidation sites excluding steroid dienone is 1. The van der Waals surface area contributed by atoms with E-state index in [1.807, 2.05) is 46.2 Å². The molecule has 0 bridgehead atoms. The van der Waals surface area contributed by atoms with E-state index in [2.05, 4.69) is 27.1 Å². The van der Waals surface area contributed by atoms with Crippen molar-refractivity contribution in [1.82, 2.24) is 14.5 Å². The molecule has 3 aliphatic heterocycles. The highest BCUT2D eigenvalue weighted by Crippen LogP contribution is 2.39. The van der Waals surface area contributed by atoms with E-state index in [9.17, 15) is 14.7 Å². The molecule has 10 nitrogen and oxygen atoms in total. The van der Waals surface area contributed by atoms with Crippen molar-refractivity contribution in [1.29, 1.82) is 0 Å². The topological polar surface area (TPSA) is 97.2 Å². The maximum atomic E-state index is 15.3. The Morgan fingerprint density at radius 2 is 1.71 bits per heavy atom. The summed E-state index contributed by atoms with van der Waals surface area (Å²) in [7, 11) is 3.74. The summed E-state index contributed by atoms with van der Waals surface area (Å²) in [6.07, 6.45) is 5.16. The predicted octanol–water partition coefficient (Wildman–Crippen LogP) is 3.94. The molecule has 11 heteroatoms. The summed E-state index contributed by atoms with van der Waals surface area (Å²) >= 11 is 0. The summed E-state index contributed by atoms with van der Waals surface area (Å²) in [6.45, 7) is 4.46. The Morgan fingerprint density at radius 1 is 0.911 bits per heavy atom. The number of para-hydroxylation sites is 1. The zero-order valence-corrected chi connectivity index (χ0v) is 25.2. The van der Waals surface area contributed by atoms with Gasteiger partial charge in [0.2, 0.25) is 5.78 Å². The van der Waals surface area contributed by atoms with Crippen molar-refractivity contribution in [3.8, 4) is 11.1 Å². The van der Waals surface area contributed by atoms with Gasteiger partial charge in [-0.05, 0) is 55.1 Å². The van der Waals surface area contributed by atoms with Gasteiger partial charge in [-0.1, -0.05) is 12.1 Å². The fraction of sp³-hybridized carbons (Fsp3) is 0.265. The van der Waals surface area contributed by atoms with E-state index in [-0.39, 0.29) is 23.6 Å². The zero-order chi connectivity index (χ0) is 31.2. The molecule has 0 saturated carbocycles. The molecule has 2 N–H and O–H groups in total. The molecule has 7 rings (SSSR count). The van der Waals surface area contributed by atoms with Crippen LogP contribution in [0.1, 0.15) is 15.9 Å². The van der Waals surface area contributed by atoms with E-state index < -0.39 is 5.82 Å². The fourth-order valence-electron chi connectivity index (χ4n) is 6.37. The molecule has 2 aromatic heterocycles. The lowest BCUT2D eigenvalue weighted by Gasteiger charge is -2.33. The second-order valence-corrected chi connectivity index (χ2v) is 11.7. The van der Waals surface area contributed by atoms with Gasteiger partial charge in [-0.15, -0.1) is 0 Å². The molecule has 45 heavy (non-hydrogen) atoms. The molecule has 0 aliphatic carbocycles. The summed E-state index contributed by atoms with van der Waals surface area (Å²) in [5, 5.41) is 13.7. The fourth-order valence-corrected chi connectivity index (χ4v) is 6.37. The third kappa shape index (κ3) is 5.23. The van der Waals surface area contributed by atoms with Crippen molar-refractivity contribution < 1.29 is 14.3 Å². The lowest BCUT2D eigenvalue weighted by molar-refractivity contribution is 0.103. The second kappa shape index (κ2) is 11.5. The van der Waals surface area contributed by atoms with Crippen LogP contribution in [0.25, 0.3) is 11.1 Å². The standard InChI is InChI=1S/C34H34FN7O3/c1-38-9-11-40(12-10-38)24-7-8-32(36-18-24)37-28-15-22(19-39(2)34(28)45)26-16-23(35)17-30(27(26)21-43)41-13-14-42-29-6-4-3-5-25(29)33(44)31(42)20-41/h3-8,15-20,43H,9-14,21H2,1-2H3,(H,36,37). The lowest BCUT2D eigenvalue weighted by Crippen LogP contribution is -2.44. The Kier molecular flexibility index (Phi) is 7.34. The summed E-state index contributed by atoms with van der Waals surface area (Å²) < 4.78 is 16.7. The van der Waals surface area contributed by atoms with Crippen molar-refractivity contribution >= 4 is 34.4 Å². The smallest absolute Gasteiger partial charge is 0.274 e. The number of fused-ring (bicyclic) bond motifs is 3. The number of nitrogens with zero attached hydrogens (tertiary/aromatic N) is 6. The molecular formula is C34H34FN7O3. The largest absolute Gasteiger partial charge is 0.392 e. The van der Waals surface area contributed by atoms with Crippen molar-refractivity contribution in [2.24, 2.45) is 7.05 Å². The van der Waals surface area contributed by atoms with Gasteiger partial charge in [0.1, 0.15) is 23.0 Å². The van der Waals surface area contributed by atoms with Gasteiger partial charge in [-0.3, -0.25) is 9.59 Å². The minimum Gasteiger partial charge on any atom is -0.392 e. The Bertz CT molecular complexity index is 1880. The molecule has 0 spiro atoms. The molecule has 1 fully saturated rings. The predicted molar refractivity (Wildman–Crippen MR) is 174 cm³/mol. The SMILES string of the molecule is CN1CCN(c2ccc(Nc3cc(-c4cc(F)cc(N5C=C6C(=O)c7ccccc7N6CC5)c4CO)cn(C)c3=O)nc2)CC1. The third-order valence-corrected chi connectivity index (χ3v) is 8.84. The van der Waals surface area contributed by atoms with Gasteiger partial charge in [0.15, 0.2) is 0 Å². The molecule has 4 aromatic rings. The maximum Gasteiger partial charge on any atom is 0.274 e. The number of carbonyl (C=O) groups excluding carboxylic acids is 1. The quantitative estimate of drug-likeness (QED) is 0.338. The number of pyridine rings is 2. The van der Waals surface area contributed by atoms with E-state index >= 15 is 4.39 Å². The number of halogens is 1. The molecule has 0 unspecified atom stereocenters. The van der Waals surface area contributed by atoms with Gasteiger partial charge >= 0.3 is 0 Å². The van der Waals surface area contributed by atoms with Crippen LogP contribution in [0.4, 0.5) is 33.0 Å². The molecule has 0 radical (unpaired) electrons. The first kappa shape index (κ1) is 28.8. The number of likely N-dealkylation sites (N-methyl/N-ethyl adjacent to an activating group) is 1. The number of nitrogens with one attached hydrogen (secondary N) is 1. The summed E-state index contributed by atoms with van der Waals surface area (Å²) in [6, 6.07) is 15.7. The van der Waals surface area contributed by atoms with E-state index in [0.29, 0.717) is 52.5 Å². The number of aliphatic hydroxyl groups excluding tert-OH is 1. The maximum absolute atomic E-state index is 15.3. The first-order valence-electron chi connectivity index (χ1n) is 15.0. The monoisotopic (exact) mass is 607 g/mol. The zero-order valence-electron chi connectivity index (χ0n) is 25.2. The van der Waals surface area contributed by atoms with Crippen LogP contribution >= 0.6 is 0 Å². The first-order valence-corrected chi connectivity index (χ1v) is 15.0. The number of rotatable bonds is 6. The molecule has 2 aromatic carbocycles. The average molecular weight is 608 g/mol. The minimum absolute atomic E-state index is 0.0866. The van der Waals surface area contributed by atoms with Crippen LogP contribution in [0.2, 0.25) is 0 Å². The Hall–Kier alpha value is -5.00. The number of benzene rings is 2. The number of aromatic nitrogens is 2.